The van der Waals surface area contributed by atoms with Gasteiger partial charge in [-0.05, 0) is 18.5 Å². The first-order chi connectivity index (χ1) is 9.33. The minimum atomic E-state index is 0.205. The molecule has 0 aliphatic rings. The summed E-state index contributed by atoms with van der Waals surface area (Å²) in [5.74, 6) is 0. The van der Waals surface area contributed by atoms with E-state index in [2.05, 4.69) is 28.9 Å². The van der Waals surface area contributed by atoms with Gasteiger partial charge < -0.3 is 5.11 Å². The maximum Gasteiger partial charge on any atom is 0.107 e. The third-order valence-corrected chi connectivity index (χ3v) is 3.96. The summed E-state index contributed by atoms with van der Waals surface area (Å²) in [5.41, 5.74) is 1.22. The maximum atomic E-state index is 9.07. The van der Waals surface area contributed by atoms with Crippen LogP contribution in [0.3, 0.4) is 0 Å². The minimum Gasteiger partial charge on any atom is -0.395 e. The largest absolute Gasteiger partial charge is 0.395 e. The topological polar surface area (TPSA) is 36.4 Å². The van der Waals surface area contributed by atoms with Crippen molar-refractivity contribution in [1.82, 2.24) is 9.88 Å². The van der Waals surface area contributed by atoms with E-state index in [-0.39, 0.29) is 6.61 Å². The summed E-state index contributed by atoms with van der Waals surface area (Å²) >= 11 is 1.73. The number of aliphatic hydroxyl groups is 1. The lowest BCUT2D eigenvalue weighted by atomic mass is 10.2. The number of rotatable bonds is 7. The molecule has 1 N–H and O–H groups in total. The van der Waals surface area contributed by atoms with Crippen molar-refractivity contribution in [2.24, 2.45) is 0 Å². The van der Waals surface area contributed by atoms with Gasteiger partial charge in [0.2, 0.25) is 0 Å². The molecule has 1 heterocycles. The van der Waals surface area contributed by atoms with E-state index in [4.69, 9.17) is 5.11 Å². The van der Waals surface area contributed by atoms with Gasteiger partial charge in [0.15, 0.2) is 0 Å². The number of benzene rings is 1. The Hall–Kier alpha value is -1.23. The molecule has 4 heteroatoms. The number of nitrogens with zero attached hydrogens (tertiary/aromatic N) is 2. The second-order valence-electron chi connectivity index (χ2n) is 4.48. The number of thiazole rings is 1. The van der Waals surface area contributed by atoms with Gasteiger partial charge in [-0.2, -0.15) is 0 Å². The summed E-state index contributed by atoms with van der Waals surface area (Å²) in [5, 5.41) is 10.2. The van der Waals surface area contributed by atoms with Crippen LogP contribution in [0.4, 0.5) is 0 Å². The van der Waals surface area contributed by atoms with Crippen molar-refractivity contribution < 1.29 is 5.11 Å². The van der Waals surface area contributed by atoms with Crippen LogP contribution in [0.15, 0.2) is 36.5 Å². The van der Waals surface area contributed by atoms with Gasteiger partial charge >= 0.3 is 0 Å². The van der Waals surface area contributed by atoms with Crippen molar-refractivity contribution in [2.45, 2.75) is 19.9 Å². The van der Waals surface area contributed by atoms with Crippen LogP contribution in [-0.4, -0.2) is 34.7 Å². The van der Waals surface area contributed by atoms with Crippen LogP contribution in [0.5, 0.6) is 0 Å². The predicted octanol–water partition coefficient (Wildman–Crippen LogP) is 3.01. The predicted molar refractivity (Wildman–Crippen MR) is 80.2 cm³/mol. The third kappa shape index (κ3) is 4.13. The lowest BCUT2D eigenvalue weighted by Gasteiger charge is -2.18. The molecule has 1 aromatic heterocycles. The Morgan fingerprint density at radius 1 is 1.21 bits per heavy atom. The summed E-state index contributed by atoms with van der Waals surface area (Å²) in [6, 6.07) is 10.3. The molecule has 0 unspecified atom stereocenters. The number of hydrogen-bond donors (Lipinski definition) is 1. The van der Waals surface area contributed by atoms with Crippen molar-refractivity contribution in [1.29, 1.82) is 0 Å². The standard InChI is InChI=1S/C15H20N2OS/c1-2-8-17(9-10-18)12-15-16-11-14(19-15)13-6-4-3-5-7-13/h3-7,11,18H,2,8-10,12H2,1H3. The van der Waals surface area contributed by atoms with E-state index >= 15 is 0 Å². The molecular formula is C15H20N2OS. The van der Waals surface area contributed by atoms with Crippen molar-refractivity contribution in [3.8, 4) is 10.4 Å². The fourth-order valence-electron chi connectivity index (χ4n) is 2.04. The highest BCUT2D eigenvalue weighted by Gasteiger charge is 2.09. The quantitative estimate of drug-likeness (QED) is 0.844. The fourth-order valence-corrected chi connectivity index (χ4v) is 3.00. The van der Waals surface area contributed by atoms with Crippen LogP contribution in [0.1, 0.15) is 18.4 Å². The van der Waals surface area contributed by atoms with Crippen LogP contribution >= 0.6 is 11.3 Å². The first-order valence-corrected chi connectivity index (χ1v) is 7.48. The number of aliphatic hydroxyl groups excluding tert-OH is 1. The van der Waals surface area contributed by atoms with Gasteiger partial charge in [-0.3, -0.25) is 4.90 Å². The average Bonchev–Trinajstić information content (AvgIpc) is 2.89. The minimum absolute atomic E-state index is 0.205. The molecule has 1 aromatic carbocycles. The molecule has 0 spiro atoms. The molecule has 0 saturated heterocycles. The normalized spacial score (nSPS) is 11.1. The summed E-state index contributed by atoms with van der Waals surface area (Å²) in [6.45, 7) is 4.90. The second-order valence-corrected chi connectivity index (χ2v) is 5.60. The summed E-state index contributed by atoms with van der Waals surface area (Å²) in [6.07, 6.45) is 3.04. The highest BCUT2D eigenvalue weighted by atomic mass is 32.1. The average molecular weight is 276 g/mol. The first kappa shape index (κ1) is 14.2. The molecule has 0 aliphatic heterocycles. The summed E-state index contributed by atoms with van der Waals surface area (Å²) in [7, 11) is 0. The Morgan fingerprint density at radius 3 is 2.68 bits per heavy atom. The van der Waals surface area contributed by atoms with E-state index in [0.717, 1.165) is 24.5 Å². The van der Waals surface area contributed by atoms with Crippen LogP contribution in [0.25, 0.3) is 10.4 Å². The smallest absolute Gasteiger partial charge is 0.107 e. The zero-order valence-electron chi connectivity index (χ0n) is 11.2. The molecule has 0 aliphatic carbocycles. The molecule has 0 fully saturated rings. The van der Waals surface area contributed by atoms with Gasteiger partial charge in [0.05, 0.1) is 18.0 Å². The Balaban J connectivity index is 2.04. The number of hydrogen-bond acceptors (Lipinski definition) is 4. The van der Waals surface area contributed by atoms with Crippen LogP contribution in [-0.2, 0) is 6.54 Å². The third-order valence-electron chi connectivity index (χ3n) is 2.93. The Morgan fingerprint density at radius 2 is 2.00 bits per heavy atom. The van der Waals surface area contributed by atoms with Gasteiger partial charge in [0.25, 0.3) is 0 Å². The zero-order chi connectivity index (χ0) is 13.5. The van der Waals surface area contributed by atoms with Crippen molar-refractivity contribution in [2.75, 3.05) is 19.7 Å². The molecule has 3 nitrogen and oxygen atoms in total. The van der Waals surface area contributed by atoms with E-state index in [1.165, 1.54) is 10.4 Å². The van der Waals surface area contributed by atoms with Crippen molar-refractivity contribution in [3.63, 3.8) is 0 Å². The molecule has 2 aromatic rings. The lowest BCUT2D eigenvalue weighted by Crippen LogP contribution is -2.27. The molecule has 19 heavy (non-hydrogen) atoms. The molecule has 2 rings (SSSR count). The van der Waals surface area contributed by atoms with E-state index in [1.54, 1.807) is 11.3 Å². The molecule has 0 bridgehead atoms. The molecule has 102 valence electrons. The second kappa shape index (κ2) is 7.38. The first-order valence-electron chi connectivity index (χ1n) is 6.66. The van der Waals surface area contributed by atoms with Gasteiger partial charge in [-0.25, -0.2) is 4.98 Å². The Labute approximate surface area is 118 Å². The Kier molecular flexibility index (Phi) is 5.51. The van der Waals surface area contributed by atoms with Gasteiger partial charge in [-0.1, -0.05) is 37.3 Å². The molecule has 0 saturated carbocycles. The van der Waals surface area contributed by atoms with Gasteiger partial charge in [-0.15, -0.1) is 11.3 Å². The fraction of sp³-hybridized carbons (Fsp3) is 0.400. The SMILES string of the molecule is CCCN(CCO)Cc1ncc(-c2ccccc2)s1. The summed E-state index contributed by atoms with van der Waals surface area (Å²) < 4.78 is 0. The van der Waals surface area contributed by atoms with E-state index < -0.39 is 0 Å². The molecular weight excluding hydrogens is 256 g/mol. The van der Waals surface area contributed by atoms with Gasteiger partial charge in [0, 0.05) is 12.7 Å². The highest BCUT2D eigenvalue weighted by Crippen LogP contribution is 2.26. The van der Waals surface area contributed by atoms with Crippen LogP contribution in [0, 0.1) is 0 Å². The Bertz CT molecular complexity index is 478. The highest BCUT2D eigenvalue weighted by molar-refractivity contribution is 7.15. The zero-order valence-corrected chi connectivity index (χ0v) is 12.1. The van der Waals surface area contributed by atoms with Gasteiger partial charge in [0.1, 0.15) is 5.01 Å². The monoisotopic (exact) mass is 276 g/mol. The van der Waals surface area contributed by atoms with Crippen LogP contribution in [0.2, 0.25) is 0 Å². The van der Waals surface area contributed by atoms with E-state index in [9.17, 15) is 0 Å². The van der Waals surface area contributed by atoms with Crippen molar-refractivity contribution in [3.05, 3.63) is 41.5 Å². The van der Waals surface area contributed by atoms with Crippen LogP contribution < -0.4 is 0 Å². The van der Waals surface area contributed by atoms with Crippen molar-refractivity contribution >= 4 is 11.3 Å². The van der Waals surface area contributed by atoms with E-state index in [0.29, 0.717) is 6.54 Å². The lowest BCUT2D eigenvalue weighted by molar-refractivity contribution is 0.190. The number of aromatic nitrogens is 1. The molecule has 0 atom stereocenters. The molecule has 0 radical (unpaired) electrons. The van der Waals surface area contributed by atoms with E-state index in [1.807, 2.05) is 24.4 Å². The molecule has 0 amide bonds. The summed E-state index contributed by atoms with van der Waals surface area (Å²) in [4.78, 5) is 7.94. The maximum absolute atomic E-state index is 9.07.